The van der Waals surface area contributed by atoms with Gasteiger partial charge in [-0.25, -0.2) is 0 Å². The SMILES string of the molecule is CCN(C(=O)CSc1nnnn1-c1ccc(C)c(C)c1)C1=CCCCC1. The summed E-state index contributed by atoms with van der Waals surface area (Å²) in [4.78, 5) is 14.6. The summed E-state index contributed by atoms with van der Waals surface area (Å²) in [5.41, 5.74) is 4.49. The van der Waals surface area contributed by atoms with E-state index in [1.807, 2.05) is 17.9 Å². The summed E-state index contributed by atoms with van der Waals surface area (Å²) in [7, 11) is 0. The van der Waals surface area contributed by atoms with Crippen LogP contribution in [0.5, 0.6) is 0 Å². The molecule has 0 aliphatic heterocycles. The first kappa shape index (κ1) is 18.6. The Balaban J connectivity index is 1.70. The molecule has 0 radical (unpaired) electrons. The highest BCUT2D eigenvalue weighted by molar-refractivity contribution is 7.99. The first-order chi connectivity index (χ1) is 12.6. The summed E-state index contributed by atoms with van der Waals surface area (Å²) in [6.45, 7) is 6.87. The molecule has 0 atom stereocenters. The van der Waals surface area contributed by atoms with Gasteiger partial charge >= 0.3 is 0 Å². The van der Waals surface area contributed by atoms with Crippen LogP contribution in [0.1, 0.15) is 43.7 Å². The van der Waals surface area contributed by atoms with Crippen LogP contribution in [-0.4, -0.2) is 43.3 Å². The molecule has 0 unspecified atom stereocenters. The van der Waals surface area contributed by atoms with Crippen molar-refractivity contribution in [2.45, 2.75) is 51.6 Å². The number of carbonyl (C=O) groups excluding carboxylic acids is 1. The Hall–Kier alpha value is -2.15. The molecule has 0 saturated carbocycles. The highest BCUT2D eigenvalue weighted by Crippen LogP contribution is 2.24. The number of hydrogen-bond donors (Lipinski definition) is 0. The average molecular weight is 372 g/mol. The Labute approximate surface area is 158 Å². The lowest BCUT2D eigenvalue weighted by Gasteiger charge is -2.26. The number of thioether (sulfide) groups is 1. The molecule has 7 heteroatoms. The number of nitrogens with zero attached hydrogens (tertiary/aromatic N) is 5. The molecule has 2 aromatic rings. The first-order valence-electron chi connectivity index (χ1n) is 9.08. The summed E-state index contributed by atoms with van der Waals surface area (Å²) < 4.78 is 1.69. The summed E-state index contributed by atoms with van der Waals surface area (Å²) in [5, 5.41) is 12.6. The molecule has 3 rings (SSSR count). The Bertz CT molecular complexity index is 814. The molecule has 1 aromatic heterocycles. The topological polar surface area (TPSA) is 63.9 Å². The number of benzene rings is 1. The fraction of sp³-hybridized carbons (Fsp3) is 0.474. The van der Waals surface area contributed by atoms with E-state index in [2.05, 4.69) is 47.6 Å². The van der Waals surface area contributed by atoms with E-state index in [1.165, 1.54) is 29.3 Å². The normalized spacial score (nSPS) is 14.2. The second-order valence-electron chi connectivity index (χ2n) is 6.51. The van der Waals surface area contributed by atoms with Gasteiger partial charge in [-0.05, 0) is 80.1 Å². The van der Waals surface area contributed by atoms with Crippen LogP contribution in [0, 0.1) is 13.8 Å². The number of amides is 1. The van der Waals surface area contributed by atoms with E-state index in [-0.39, 0.29) is 5.91 Å². The van der Waals surface area contributed by atoms with Crippen molar-refractivity contribution in [2.75, 3.05) is 12.3 Å². The minimum absolute atomic E-state index is 0.111. The predicted molar refractivity (Wildman–Crippen MR) is 103 cm³/mol. The lowest BCUT2D eigenvalue weighted by atomic mass is 10.0. The second kappa shape index (κ2) is 8.49. The number of tetrazole rings is 1. The van der Waals surface area contributed by atoms with E-state index >= 15 is 0 Å². The van der Waals surface area contributed by atoms with Gasteiger partial charge in [0.2, 0.25) is 11.1 Å². The van der Waals surface area contributed by atoms with E-state index in [1.54, 1.807) is 4.68 Å². The van der Waals surface area contributed by atoms with Crippen molar-refractivity contribution < 1.29 is 4.79 Å². The fourth-order valence-corrected chi connectivity index (χ4v) is 3.87. The van der Waals surface area contributed by atoms with Crippen LogP contribution in [0.15, 0.2) is 35.1 Å². The van der Waals surface area contributed by atoms with Gasteiger partial charge in [0, 0.05) is 12.2 Å². The average Bonchev–Trinajstić information content (AvgIpc) is 3.12. The molecular weight excluding hydrogens is 346 g/mol. The summed E-state index contributed by atoms with van der Waals surface area (Å²) >= 11 is 1.38. The third-order valence-corrected chi connectivity index (χ3v) is 5.64. The van der Waals surface area contributed by atoms with Gasteiger partial charge in [-0.15, -0.1) is 5.10 Å². The van der Waals surface area contributed by atoms with Crippen molar-refractivity contribution >= 4 is 17.7 Å². The predicted octanol–water partition coefficient (Wildman–Crippen LogP) is 3.68. The third-order valence-electron chi connectivity index (χ3n) is 4.73. The van der Waals surface area contributed by atoms with Crippen LogP contribution in [0.3, 0.4) is 0 Å². The van der Waals surface area contributed by atoms with Crippen molar-refractivity contribution in [1.82, 2.24) is 25.1 Å². The Morgan fingerprint density at radius 3 is 2.81 bits per heavy atom. The molecule has 6 nitrogen and oxygen atoms in total. The highest BCUT2D eigenvalue weighted by Gasteiger charge is 2.19. The minimum Gasteiger partial charge on any atom is -0.316 e. The molecule has 1 aliphatic rings. The summed E-state index contributed by atoms with van der Waals surface area (Å²) in [6, 6.07) is 6.11. The van der Waals surface area contributed by atoms with Gasteiger partial charge in [0.1, 0.15) is 0 Å². The first-order valence-corrected chi connectivity index (χ1v) is 10.1. The van der Waals surface area contributed by atoms with E-state index in [4.69, 9.17) is 0 Å². The van der Waals surface area contributed by atoms with Gasteiger partial charge in [0.05, 0.1) is 11.4 Å². The molecule has 1 aromatic carbocycles. The van der Waals surface area contributed by atoms with Crippen LogP contribution in [-0.2, 0) is 4.79 Å². The maximum absolute atomic E-state index is 12.7. The largest absolute Gasteiger partial charge is 0.316 e. The molecule has 1 heterocycles. The molecule has 0 N–H and O–H groups in total. The van der Waals surface area contributed by atoms with Gasteiger partial charge in [-0.3, -0.25) is 4.79 Å². The van der Waals surface area contributed by atoms with E-state index in [9.17, 15) is 4.79 Å². The molecule has 1 aliphatic carbocycles. The standard InChI is InChI=1S/C19H25N5OS/c1-4-23(16-8-6-5-7-9-16)18(25)13-26-19-20-21-22-24(19)17-11-10-14(2)15(3)12-17/h8,10-12H,4-7,9,13H2,1-3H3. The third kappa shape index (κ3) is 4.15. The zero-order valence-electron chi connectivity index (χ0n) is 15.6. The molecule has 0 fully saturated rings. The van der Waals surface area contributed by atoms with Crippen LogP contribution in [0.2, 0.25) is 0 Å². The van der Waals surface area contributed by atoms with Gasteiger partial charge in [-0.2, -0.15) is 4.68 Å². The summed E-state index contributed by atoms with van der Waals surface area (Å²) in [5.74, 6) is 0.441. The quantitative estimate of drug-likeness (QED) is 0.725. The molecule has 0 bridgehead atoms. The van der Waals surface area contributed by atoms with Crippen LogP contribution < -0.4 is 0 Å². The Kier molecular flexibility index (Phi) is 6.08. The Morgan fingerprint density at radius 2 is 2.12 bits per heavy atom. The smallest absolute Gasteiger partial charge is 0.237 e. The number of aromatic nitrogens is 4. The minimum atomic E-state index is 0.111. The van der Waals surface area contributed by atoms with Crippen molar-refractivity contribution in [3.63, 3.8) is 0 Å². The lowest BCUT2D eigenvalue weighted by molar-refractivity contribution is -0.126. The van der Waals surface area contributed by atoms with Gasteiger partial charge < -0.3 is 4.90 Å². The number of allylic oxidation sites excluding steroid dienone is 2. The number of hydrogen-bond acceptors (Lipinski definition) is 5. The molecule has 0 spiro atoms. The summed E-state index contributed by atoms with van der Waals surface area (Å²) in [6.07, 6.45) is 6.64. The lowest BCUT2D eigenvalue weighted by Crippen LogP contribution is -2.32. The van der Waals surface area contributed by atoms with Crippen molar-refractivity contribution in [3.8, 4) is 5.69 Å². The molecule has 26 heavy (non-hydrogen) atoms. The van der Waals surface area contributed by atoms with Crippen LogP contribution >= 0.6 is 11.8 Å². The molecule has 0 saturated heterocycles. The maximum atomic E-state index is 12.7. The Morgan fingerprint density at radius 1 is 1.27 bits per heavy atom. The molecule has 1 amide bonds. The zero-order chi connectivity index (χ0) is 18.5. The maximum Gasteiger partial charge on any atom is 0.237 e. The van der Waals surface area contributed by atoms with Crippen molar-refractivity contribution in [1.29, 1.82) is 0 Å². The highest BCUT2D eigenvalue weighted by atomic mass is 32.2. The van der Waals surface area contributed by atoms with E-state index < -0.39 is 0 Å². The zero-order valence-corrected chi connectivity index (χ0v) is 16.4. The monoisotopic (exact) mass is 371 g/mol. The number of carbonyl (C=O) groups is 1. The molecule has 138 valence electrons. The fourth-order valence-electron chi connectivity index (χ4n) is 3.10. The van der Waals surface area contributed by atoms with Gasteiger partial charge in [0.15, 0.2) is 0 Å². The second-order valence-corrected chi connectivity index (χ2v) is 7.45. The van der Waals surface area contributed by atoms with Crippen LogP contribution in [0.4, 0.5) is 0 Å². The van der Waals surface area contributed by atoms with Gasteiger partial charge in [0.25, 0.3) is 0 Å². The molecular formula is C19H25N5OS. The van der Waals surface area contributed by atoms with Crippen molar-refractivity contribution in [2.24, 2.45) is 0 Å². The van der Waals surface area contributed by atoms with Crippen molar-refractivity contribution in [3.05, 3.63) is 41.1 Å². The van der Waals surface area contributed by atoms with Gasteiger partial charge in [-0.1, -0.05) is 23.9 Å². The van der Waals surface area contributed by atoms with Crippen LogP contribution in [0.25, 0.3) is 5.69 Å². The number of aryl methyl sites for hydroxylation is 2. The van der Waals surface area contributed by atoms with E-state index in [0.29, 0.717) is 17.5 Å². The number of rotatable bonds is 6. The van der Waals surface area contributed by atoms with E-state index in [0.717, 1.165) is 30.6 Å².